The Bertz CT molecular complexity index is 350. The number of hydrogen-bond donors (Lipinski definition) is 0. The fourth-order valence-electron chi connectivity index (χ4n) is 1.11. The van der Waals surface area contributed by atoms with Gasteiger partial charge in [-0.15, -0.1) is 6.42 Å². The van der Waals surface area contributed by atoms with Gasteiger partial charge in [0.1, 0.15) is 5.82 Å². The Morgan fingerprint density at radius 1 is 1.23 bits per heavy atom. The van der Waals surface area contributed by atoms with Crippen LogP contribution >= 0.6 is 0 Å². The molecule has 0 aliphatic rings. The van der Waals surface area contributed by atoms with Crippen LogP contribution in [0, 0.1) is 18.2 Å². The van der Waals surface area contributed by atoms with E-state index in [1.54, 1.807) is 0 Å². The SMILES string of the molecule is C#Cc1cc(F)cc(C(C)(C)C)c1. The van der Waals surface area contributed by atoms with Crippen LogP contribution in [0.3, 0.4) is 0 Å². The van der Waals surface area contributed by atoms with Crippen LogP contribution in [0.4, 0.5) is 4.39 Å². The van der Waals surface area contributed by atoms with Gasteiger partial charge in [-0.3, -0.25) is 0 Å². The van der Waals surface area contributed by atoms with Crippen molar-refractivity contribution in [2.45, 2.75) is 26.2 Å². The van der Waals surface area contributed by atoms with Crippen LogP contribution in [-0.2, 0) is 5.41 Å². The van der Waals surface area contributed by atoms with E-state index in [-0.39, 0.29) is 11.2 Å². The summed E-state index contributed by atoms with van der Waals surface area (Å²) in [5.41, 5.74) is 1.47. The summed E-state index contributed by atoms with van der Waals surface area (Å²) in [5.74, 6) is 2.18. The van der Waals surface area contributed by atoms with Gasteiger partial charge in [0.25, 0.3) is 0 Å². The van der Waals surface area contributed by atoms with Crippen molar-refractivity contribution in [3.8, 4) is 12.3 Å². The van der Waals surface area contributed by atoms with Crippen molar-refractivity contribution >= 4 is 0 Å². The third-order valence-electron chi connectivity index (χ3n) is 1.93. The zero-order valence-electron chi connectivity index (χ0n) is 8.19. The van der Waals surface area contributed by atoms with Gasteiger partial charge in [0.2, 0.25) is 0 Å². The third-order valence-corrected chi connectivity index (χ3v) is 1.93. The molecule has 0 fully saturated rings. The average molecular weight is 176 g/mol. The molecule has 0 atom stereocenters. The van der Waals surface area contributed by atoms with Gasteiger partial charge in [0, 0.05) is 5.56 Å². The van der Waals surface area contributed by atoms with E-state index in [1.165, 1.54) is 12.1 Å². The maximum atomic E-state index is 13.0. The fourth-order valence-corrected chi connectivity index (χ4v) is 1.11. The Labute approximate surface area is 78.8 Å². The van der Waals surface area contributed by atoms with Gasteiger partial charge in [-0.1, -0.05) is 26.7 Å². The number of benzene rings is 1. The van der Waals surface area contributed by atoms with E-state index in [1.807, 2.05) is 26.8 Å². The summed E-state index contributed by atoms with van der Waals surface area (Å²) in [4.78, 5) is 0. The van der Waals surface area contributed by atoms with Crippen molar-refractivity contribution in [3.05, 3.63) is 35.1 Å². The lowest BCUT2D eigenvalue weighted by atomic mass is 9.86. The maximum absolute atomic E-state index is 13.0. The minimum absolute atomic E-state index is 0.0618. The predicted molar refractivity (Wildman–Crippen MR) is 53.0 cm³/mol. The Hall–Kier alpha value is -1.29. The molecule has 0 aromatic heterocycles. The molecule has 1 heteroatoms. The highest BCUT2D eigenvalue weighted by Crippen LogP contribution is 2.23. The monoisotopic (exact) mass is 176 g/mol. The van der Waals surface area contributed by atoms with Crippen molar-refractivity contribution in [1.82, 2.24) is 0 Å². The summed E-state index contributed by atoms with van der Waals surface area (Å²) in [6.45, 7) is 6.09. The molecule has 0 bridgehead atoms. The van der Waals surface area contributed by atoms with E-state index in [2.05, 4.69) is 5.92 Å². The largest absolute Gasteiger partial charge is 0.207 e. The lowest BCUT2D eigenvalue weighted by molar-refractivity contribution is 0.572. The van der Waals surface area contributed by atoms with Crippen LogP contribution in [0.25, 0.3) is 0 Å². The Morgan fingerprint density at radius 2 is 1.85 bits per heavy atom. The Balaban J connectivity index is 3.26. The average Bonchev–Trinajstić information content (AvgIpc) is 2.01. The van der Waals surface area contributed by atoms with Gasteiger partial charge in [-0.25, -0.2) is 4.39 Å². The minimum Gasteiger partial charge on any atom is -0.207 e. The highest BCUT2D eigenvalue weighted by atomic mass is 19.1. The molecule has 0 saturated heterocycles. The van der Waals surface area contributed by atoms with Gasteiger partial charge < -0.3 is 0 Å². The van der Waals surface area contributed by atoms with E-state index in [0.717, 1.165) is 5.56 Å². The molecule has 0 spiro atoms. The van der Waals surface area contributed by atoms with Crippen molar-refractivity contribution in [3.63, 3.8) is 0 Å². The summed E-state index contributed by atoms with van der Waals surface area (Å²) < 4.78 is 13.0. The van der Waals surface area contributed by atoms with E-state index in [4.69, 9.17) is 6.42 Å². The number of halogens is 1. The van der Waals surface area contributed by atoms with Gasteiger partial charge in [0.05, 0.1) is 0 Å². The first-order valence-electron chi connectivity index (χ1n) is 4.21. The first-order chi connectivity index (χ1) is 5.93. The molecule has 0 heterocycles. The predicted octanol–water partition coefficient (Wildman–Crippen LogP) is 3.10. The smallest absolute Gasteiger partial charge is 0.124 e. The molecule has 1 aromatic rings. The van der Waals surface area contributed by atoms with Gasteiger partial charge in [0.15, 0.2) is 0 Å². The molecule has 0 aliphatic carbocycles. The summed E-state index contributed by atoms with van der Waals surface area (Å²) >= 11 is 0. The van der Waals surface area contributed by atoms with E-state index >= 15 is 0 Å². The van der Waals surface area contributed by atoms with Crippen LogP contribution in [0.5, 0.6) is 0 Å². The van der Waals surface area contributed by atoms with Gasteiger partial charge in [-0.2, -0.15) is 0 Å². The summed E-state index contributed by atoms with van der Waals surface area (Å²) in [6.07, 6.45) is 5.21. The lowest BCUT2D eigenvalue weighted by Gasteiger charge is -2.19. The second kappa shape index (κ2) is 3.22. The van der Waals surface area contributed by atoms with Crippen molar-refractivity contribution in [2.24, 2.45) is 0 Å². The number of hydrogen-bond acceptors (Lipinski definition) is 0. The molecule has 1 aromatic carbocycles. The normalized spacial score (nSPS) is 11.0. The molecular weight excluding hydrogens is 163 g/mol. The molecule has 0 saturated carbocycles. The van der Waals surface area contributed by atoms with Gasteiger partial charge >= 0.3 is 0 Å². The molecule has 0 amide bonds. The highest BCUT2D eigenvalue weighted by molar-refractivity contribution is 5.38. The van der Waals surface area contributed by atoms with Crippen LogP contribution in [0.2, 0.25) is 0 Å². The Kier molecular flexibility index (Phi) is 2.43. The molecule has 0 radical (unpaired) electrons. The molecule has 0 N–H and O–H groups in total. The van der Waals surface area contributed by atoms with E-state index in [0.29, 0.717) is 5.56 Å². The van der Waals surface area contributed by atoms with Crippen molar-refractivity contribution in [1.29, 1.82) is 0 Å². The standard InChI is InChI=1S/C12H13F/c1-5-9-6-10(12(2,3)4)8-11(13)7-9/h1,6-8H,2-4H3. The summed E-state index contributed by atoms with van der Waals surface area (Å²) in [7, 11) is 0. The van der Waals surface area contributed by atoms with E-state index < -0.39 is 0 Å². The molecule has 0 aliphatic heterocycles. The quantitative estimate of drug-likeness (QED) is 0.533. The Morgan fingerprint density at radius 3 is 2.31 bits per heavy atom. The van der Waals surface area contributed by atoms with Crippen molar-refractivity contribution < 1.29 is 4.39 Å². The first-order valence-corrected chi connectivity index (χ1v) is 4.21. The molecule has 0 unspecified atom stereocenters. The van der Waals surface area contributed by atoms with Crippen LogP contribution in [0.1, 0.15) is 31.9 Å². The highest BCUT2D eigenvalue weighted by Gasteiger charge is 2.14. The second-order valence-electron chi connectivity index (χ2n) is 4.12. The first kappa shape index (κ1) is 9.80. The zero-order chi connectivity index (χ0) is 10.1. The molecule has 68 valence electrons. The van der Waals surface area contributed by atoms with Gasteiger partial charge in [-0.05, 0) is 29.2 Å². The minimum atomic E-state index is -0.264. The number of rotatable bonds is 0. The molecule has 13 heavy (non-hydrogen) atoms. The lowest BCUT2D eigenvalue weighted by Crippen LogP contribution is -2.11. The topological polar surface area (TPSA) is 0 Å². The van der Waals surface area contributed by atoms with Crippen LogP contribution in [0.15, 0.2) is 18.2 Å². The molecule has 1 rings (SSSR count). The number of terminal acetylenes is 1. The van der Waals surface area contributed by atoms with Crippen molar-refractivity contribution in [2.75, 3.05) is 0 Å². The summed E-state index contributed by atoms with van der Waals surface area (Å²) in [6, 6.07) is 4.75. The van der Waals surface area contributed by atoms with E-state index in [9.17, 15) is 4.39 Å². The maximum Gasteiger partial charge on any atom is 0.124 e. The zero-order valence-corrected chi connectivity index (χ0v) is 8.19. The summed E-state index contributed by atoms with van der Waals surface area (Å²) in [5, 5.41) is 0. The second-order valence-corrected chi connectivity index (χ2v) is 4.12. The van der Waals surface area contributed by atoms with Crippen LogP contribution in [-0.4, -0.2) is 0 Å². The molecule has 0 nitrogen and oxygen atoms in total. The third kappa shape index (κ3) is 2.32. The fraction of sp³-hybridized carbons (Fsp3) is 0.333. The molecular formula is C12H13F. The van der Waals surface area contributed by atoms with Crippen LogP contribution < -0.4 is 0 Å².